The third kappa shape index (κ3) is 11.4. The first-order chi connectivity index (χ1) is 14.6. The zero-order chi connectivity index (χ0) is 22.7. The fourth-order valence-electron chi connectivity index (χ4n) is 3.21. The van der Waals surface area contributed by atoms with E-state index in [2.05, 4.69) is 48.1 Å². The second kappa shape index (κ2) is 18.0. The van der Waals surface area contributed by atoms with E-state index in [4.69, 9.17) is 10.5 Å². The number of aromatic nitrogens is 4. The molecule has 168 valence electrons. The SMILES string of the molecule is CCCC[N+](CCCC)(CCCC)CCCC.CSc1nnc(C(C#N)C#N)nn1. The molecule has 7 nitrogen and oxygen atoms in total. The lowest BCUT2D eigenvalue weighted by Gasteiger charge is -2.39. The standard InChI is InChI=1S/C16H36N.C6H4N6S/c1-5-9-13-17(14-10-6-2,15-11-7-3)16-12-8-4;1-13-6-11-9-5(10-12-6)4(2-7)3-8/h5-16H2,1-4H3;4H,1H3/q+1;. The number of rotatable bonds is 14. The number of nitrogens with zero attached hydrogens (tertiary/aromatic N) is 7. The van der Waals surface area contributed by atoms with E-state index < -0.39 is 5.92 Å². The Morgan fingerprint density at radius 1 is 0.733 bits per heavy atom. The van der Waals surface area contributed by atoms with Crippen LogP contribution in [0.25, 0.3) is 0 Å². The molecule has 1 aromatic heterocycles. The molecule has 0 bridgehead atoms. The average Bonchev–Trinajstić information content (AvgIpc) is 2.80. The molecule has 0 amide bonds. The van der Waals surface area contributed by atoms with Gasteiger partial charge in [-0.2, -0.15) is 10.5 Å². The normalized spacial score (nSPS) is 10.8. The zero-order valence-corrected chi connectivity index (χ0v) is 20.4. The fourth-order valence-corrected chi connectivity index (χ4v) is 3.46. The number of nitriles is 2. The maximum Gasteiger partial charge on any atom is 0.229 e. The smallest absolute Gasteiger partial charge is 0.229 e. The molecular weight excluding hydrogens is 394 g/mol. The summed E-state index contributed by atoms with van der Waals surface area (Å²) in [5, 5.41) is 31.9. The number of thioether (sulfide) groups is 1. The number of unbranched alkanes of at least 4 members (excludes halogenated alkanes) is 4. The first kappa shape index (κ1) is 28.2. The van der Waals surface area contributed by atoms with Crippen LogP contribution in [0.3, 0.4) is 0 Å². The summed E-state index contributed by atoms with van der Waals surface area (Å²) < 4.78 is 1.42. The largest absolute Gasteiger partial charge is 0.324 e. The molecular formula is C22H40N7S+. The van der Waals surface area contributed by atoms with Gasteiger partial charge in [-0.1, -0.05) is 65.1 Å². The molecule has 0 saturated heterocycles. The second-order valence-corrected chi connectivity index (χ2v) is 8.36. The van der Waals surface area contributed by atoms with Gasteiger partial charge in [-0.15, -0.1) is 20.4 Å². The molecule has 0 fully saturated rings. The van der Waals surface area contributed by atoms with E-state index >= 15 is 0 Å². The van der Waals surface area contributed by atoms with Crippen LogP contribution >= 0.6 is 11.8 Å². The molecule has 0 atom stereocenters. The predicted molar refractivity (Wildman–Crippen MR) is 123 cm³/mol. The minimum Gasteiger partial charge on any atom is -0.324 e. The Labute approximate surface area is 187 Å². The highest BCUT2D eigenvalue weighted by Crippen LogP contribution is 2.16. The molecule has 30 heavy (non-hydrogen) atoms. The Kier molecular flexibility index (Phi) is 17.0. The topological polar surface area (TPSA) is 99.1 Å². The van der Waals surface area contributed by atoms with Crippen LogP contribution in [-0.2, 0) is 0 Å². The number of quaternary nitrogens is 1. The summed E-state index contributed by atoms with van der Waals surface area (Å²) in [4.78, 5) is 0. The molecule has 0 aliphatic heterocycles. The summed E-state index contributed by atoms with van der Waals surface area (Å²) in [7, 11) is 0. The van der Waals surface area contributed by atoms with Crippen LogP contribution in [0.2, 0.25) is 0 Å². The van der Waals surface area contributed by atoms with Crippen LogP contribution in [-0.4, -0.2) is 57.3 Å². The van der Waals surface area contributed by atoms with Crippen molar-refractivity contribution in [2.24, 2.45) is 0 Å². The van der Waals surface area contributed by atoms with Gasteiger partial charge in [-0.3, -0.25) is 0 Å². The highest BCUT2D eigenvalue weighted by atomic mass is 32.2. The lowest BCUT2D eigenvalue weighted by molar-refractivity contribution is -0.929. The summed E-state index contributed by atoms with van der Waals surface area (Å²) in [5.74, 6) is -0.946. The van der Waals surface area contributed by atoms with E-state index in [0.29, 0.717) is 5.16 Å². The van der Waals surface area contributed by atoms with Crippen molar-refractivity contribution in [3.05, 3.63) is 5.82 Å². The van der Waals surface area contributed by atoms with Gasteiger partial charge in [0.15, 0.2) is 5.92 Å². The summed E-state index contributed by atoms with van der Waals surface area (Å²) >= 11 is 1.29. The van der Waals surface area contributed by atoms with Crippen molar-refractivity contribution in [3.8, 4) is 12.1 Å². The van der Waals surface area contributed by atoms with Gasteiger partial charge in [0.2, 0.25) is 11.0 Å². The Bertz CT molecular complexity index is 570. The highest BCUT2D eigenvalue weighted by molar-refractivity contribution is 7.98. The third-order valence-corrected chi connectivity index (χ3v) is 5.65. The van der Waals surface area contributed by atoms with E-state index in [1.807, 2.05) is 0 Å². The molecule has 0 aromatic carbocycles. The maximum atomic E-state index is 8.49. The van der Waals surface area contributed by atoms with Gasteiger partial charge in [0, 0.05) is 0 Å². The monoisotopic (exact) mass is 434 g/mol. The third-order valence-electron chi connectivity index (χ3n) is 5.12. The van der Waals surface area contributed by atoms with Crippen molar-refractivity contribution >= 4 is 11.8 Å². The molecule has 0 radical (unpaired) electrons. The molecule has 1 rings (SSSR count). The molecule has 8 heteroatoms. The molecule has 0 N–H and O–H groups in total. The lowest BCUT2D eigenvalue weighted by Crippen LogP contribution is -2.50. The van der Waals surface area contributed by atoms with E-state index in [9.17, 15) is 0 Å². The Hall–Kier alpha value is -1.77. The van der Waals surface area contributed by atoms with Gasteiger partial charge in [0.05, 0.1) is 38.3 Å². The highest BCUT2D eigenvalue weighted by Gasteiger charge is 2.24. The summed E-state index contributed by atoms with van der Waals surface area (Å²) in [6.07, 6.45) is 12.8. The van der Waals surface area contributed by atoms with Crippen LogP contribution in [0.5, 0.6) is 0 Å². The summed E-state index contributed by atoms with van der Waals surface area (Å²) in [5.41, 5.74) is 0. The van der Waals surface area contributed by atoms with Crippen LogP contribution in [0, 0.1) is 22.7 Å². The first-order valence-corrected chi connectivity index (χ1v) is 12.5. The van der Waals surface area contributed by atoms with Gasteiger partial charge in [0.1, 0.15) is 0 Å². The molecule has 1 heterocycles. The van der Waals surface area contributed by atoms with E-state index in [1.54, 1.807) is 18.4 Å². The van der Waals surface area contributed by atoms with Crippen molar-refractivity contribution in [1.29, 1.82) is 10.5 Å². The van der Waals surface area contributed by atoms with E-state index in [1.165, 1.54) is 93.8 Å². The predicted octanol–water partition coefficient (Wildman–Crippen LogP) is 5.12. The van der Waals surface area contributed by atoms with Gasteiger partial charge >= 0.3 is 0 Å². The van der Waals surface area contributed by atoms with Gasteiger partial charge in [-0.05, 0) is 31.9 Å². The van der Waals surface area contributed by atoms with Gasteiger partial charge in [0.25, 0.3) is 0 Å². The minimum atomic E-state index is -0.990. The first-order valence-electron chi connectivity index (χ1n) is 11.3. The minimum absolute atomic E-state index is 0.0443. The number of hydrogen-bond donors (Lipinski definition) is 0. The van der Waals surface area contributed by atoms with Crippen LogP contribution < -0.4 is 0 Å². The van der Waals surface area contributed by atoms with Crippen LogP contribution in [0.1, 0.15) is 90.8 Å². The number of hydrogen-bond acceptors (Lipinski definition) is 7. The fraction of sp³-hybridized carbons (Fsp3) is 0.818. The Balaban J connectivity index is 0.000000579. The lowest BCUT2D eigenvalue weighted by atomic mass is 10.1. The molecule has 1 aromatic rings. The quantitative estimate of drug-likeness (QED) is 0.296. The van der Waals surface area contributed by atoms with Crippen molar-refractivity contribution in [3.63, 3.8) is 0 Å². The van der Waals surface area contributed by atoms with Gasteiger partial charge < -0.3 is 4.48 Å². The summed E-state index contributed by atoms with van der Waals surface area (Å²) in [6.45, 7) is 15.0. The van der Waals surface area contributed by atoms with Crippen molar-refractivity contribution in [2.45, 2.75) is 90.1 Å². The van der Waals surface area contributed by atoms with Crippen molar-refractivity contribution in [1.82, 2.24) is 20.4 Å². The van der Waals surface area contributed by atoms with E-state index in [0.717, 1.165) is 0 Å². The zero-order valence-electron chi connectivity index (χ0n) is 19.6. The van der Waals surface area contributed by atoms with Crippen molar-refractivity contribution < 1.29 is 4.48 Å². The van der Waals surface area contributed by atoms with Crippen molar-refractivity contribution in [2.75, 3.05) is 32.4 Å². The van der Waals surface area contributed by atoms with Crippen LogP contribution in [0.4, 0.5) is 0 Å². The molecule has 0 spiro atoms. The Morgan fingerprint density at radius 3 is 1.37 bits per heavy atom. The second-order valence-electron chi connectivity index (χ2n) is 7.59. The van der Waals surface area contributed by atoms with E-state index in [-0.39, 0.29) is 5.82 Å². The Morgan fingerprint density at radius 2 is 1.10 bits per heavy atom. The molecule has 0 aliphatic rings. The average molecular weight is 435 g/mol. The molecule has 0 aliphatic carbocycles. The maximum absolute atomic E-state index is 8.49. The molecule has 0 saturated carbocycles. The van der Waals surface area contributed by atoms with Gasteiger partial charge in [-0.25, -0.2) is 0 Å². The summed E-state index contributed by atoms with van der Waals surface area (Å²) in [6, 6.07) is 3.47. The molecule has 0 unspecified atom stereocenters. The van der Waals surface area contributed by atoms with Crippen LogP contribution in [0.15, 0.2) is 5.16 Å².